The van der Waals surface area contributed by atoms with Crippen molar-refractivity contribution in [1.82, 2.24) is 15.5 Å². The van der Waals surface area contributed by atoms with E-state index in [1.165, 1.54) is 24.0 Å². The first-order valence-corrected chi connectivity index (χ1v) is 9.34. The molecule has 6 N–H and O–H groups in total. The molecule has 1 aliphatic rings. The van der Waals surface area contributed by atoms with Gasteiger partial charge in [-0.1, -0.05) is 12.1 Å². The van der Waals surface area contributed by atoms with Gasteiger partial charge in [-0.3, -0.25) is 14.4 Å². The van der Waals surface area contributed by atoms with Crippen molar-refractivity contribution in [3.8, 4) is 5.75 Å². The topological polar surface area (TPSA) is 162 Å². The highest BCUT2D eigenvalue weighted by atomic mass is 16.4. The summed E-state index contributed by atoms with van der Waals surface area (Å²) >= 11 is 0. The number of nitrogens with one attached hydrogen (secondary N) is 2. The summed E-state index contributed by atoms with van der Waals surface area (Å²) in [7, 11) is 0. The number of carboxylic acid groups (broad SMARTS) is 1. The van der Waals surface area contributed by atoms with Gasteiger partial charge < -0.3 is 31.5 Å². The minimum absolute atomic E-state index is 0.0173. The number of aromatic hydroxyl groups is 1. The van der Waals surface area contributed by atoms with Crippen LogP contribution < -0.4 is 16.4 Å². The first-order chi connectivity index (χ1) is 13.7. The maximum atomic E-state index is 12.5. The number of carbonyl (C=O) groups excluding carboxylic acids is 3. The van der Waals surface area contributed by atoms with Crippen LogP contribution in [0.1, 0.15) is 25.3 Å². The summed E-state index contributed by atoms with van der Waals surface area (Å²) in [4.78, 5) is 49.6. The zero-order chi connectivity index (χ0) is 21.6. The second-order valence-corrected chi connectivity index (χ2v) is 6.95. The van der Waals surface area contributed by atoms with E-state index in [0.717, 1.165) is 0 Å². The molecule has 2 rings (SSSR count). The number of hydrogen-bond acceptors (Lipinski definition) is 6. The van der Waals surface area contributed by atoms with Gasteiger partial charge in [-0.15, -0.1) is 0 Å². The van der Waals surface area contributed by atoms with Crippen LogP contribution >= 0.6 is 0 Å². The lowest BCUT2D eigenvalue weighted by atomic mass is 10.1. The minimum atomic E-state index is -1.22. The fourth-order valence-electron chi connectivity index (χ4n) is 3.19. The molecule has 158 valence electrons. The SMILES string of the molecule is CC(NC(=O)C1CCCN1C(=O)CN)C(=O)NC(Cc1ccc(O)cc1)C(=O)O. The Kier molecular flexibility index (Phi) is 7.54. The van der Waals surface area contributed by atoms with Crippen molar-refractivity contribution in [2.75, 3.05) is 13.1 Å². The highest BCUT2D eigenvalue weighted by Crippen LogP contribution is 2.17. The number of hydrogen-bond donors (Lipinski definition) is 5. The molecule has 3 amide bonds. The largest absolute Gasteiger partial charge is 0.508 e. The normalized spacial score (nSPS) is 18.0. The summed E-state index contributed by atoms with van der Waals surface area (Å²) in [6, 6.07) is 3.10. The van der Waals surface area contributed by atoms with Crippen LogP contribution in [0.25, 0.3) is 0 Å². The summed E-state index contributed by atoms with van der Waals surface area (Å²) in [6.07, 6.45) is 1.16. The third kappa shape index (κ3) is 5.92. The average molecular weight is 406 g/mol. The number of carbonyl (C=O) groups is 4. The standard InChI is InChI=1S/C19H26N4O6/c1-11(21-18(27)15-3-2-8-23(15)16(25)10-20)17(26)22-14(19(28)29)9-12-4-6-13(24)7-5-12/h4-7,11,14-15,24H,2-3,8-10,20H2,1H3,(H,21,27)(H,22,26)(H,28,29). The molecule has 29 heavy (non-hydrogen) atoms. The number of nitrogens with zero attached hydrogens (tertiary/aromatic N) is 1. The molecule has 0 spiro atoms. The van der Waals surface area contributed by atoms with E-state index >= 15 is 0 Å². The molecule has 0 bridgehead atoms. The predicted octanol–water partition coefficient (Wildman–Crippen LogP) is -1.04. The van der Waals surface area contributed by atoms with Gasteiger partial charge in [0.25, 0.3) is 0 Å². The molecule has 0 radical (unpaired) electrons. The Bertz CT molecular complexity index is 766. The van der Waals surface area contributed by atoms with Crippen LogP contribution in [0.5, 0.6) is 5.75 Å². The van der Waals surface area contributed by atoms with E-state index in [1.807, 2.05) is 0 Å². The molecular weight excluding hydrogens is 380 g/mol. The van der Waals surface area contributed by atoms with Gasteiger partial charge in [-0.25, -0.2) is 4.79 Å². The van der Waals surface area contributed by atoms with E-state index in [9.17, 15) is 29.4 Å². The third-order valence-electron chi connectivity index (χ3n) is 4.79. The number of phenolic OH excluding ortho intramolecular Hbond substituents is 1. The van der Waals surface area contributed by atoms with Crippen molar-refractivity contribution in [1.29, 1.82) is 0 Å². The minimum Gasteiger partial charge on any atom is -0.508 e. The van der Waals surface area contributed by atoms with Crippen molar-refractivity contribution in [2.45, 2.75) is 44.3 Å². The molecule has 1 fully saturated rings. The Morgan fingerprint density at radius 3 is 2.45 bits per heavy atom. The molecule has 3 unspecified atom stereocenters. The number of nitrogens with two attached hydrogens (primary N) is 1. The second kappa shape index (κ2) is 9.87. The summed E-state index contributed by atoms with van der Waals surface area (Å²) < 4.78 is 0. The van der Waals surface area contributed by atoms with Gasteiger partial charge in [-0.05, 0) is 37.5 Å². The number of carboxylic acids is 1. The van der Waals surface area contributed by atoms with Gasteiger partial charge in [0.05, 0.1) is 6.54 Å². The average Bonchev–Trinajstić information content (AvgIpc) is 3.18. The maximum Gasteiger partial charge on any atom is 0.326 e. The van der Waals surface area contributed by atoms with Crippen LogP contribution in [0.4, 0.5) is 0 Å². The van der Waals surface area contributed by atoms with Crippen molar-refractivity contribution >= 4 is 23.7 Å². The van der Waals surface area contributed by atoms with Gasteiger partial charge in [0.2, 0.25) is 17.7 Å². The summed E-state index contributed by atoms with van der Waals surface area (Å²) in [5.41, 5.74) is 5.98. The number of likely N-dealkylation sites (tertiary alicyclic amines) is 1. The van der Waals surface area contributed by atoms with E-state index in [2.05, 4.69) is 10.6 Å². The maximum absolute atomic E-state index is 12.5. The fourth-order valence-corrected chi connectivity index (χ4v) is 3.19. The highest BCUT2D eigenvalue weighted by Gasteiger charge is 2.35. The number of aliphatic carboxylic acids is 1. The Labute approximate surface area is 168 Å². The molecule has 1 aromatic rings. The number of phenols is 1. The van der Waals surface area contributed by atoms with E-state index < -0.39 is 35.9 Å². The van der Waals surface area contributed by atoms with Gasteiger partial charge in [0.1, 0.15) is 23.9 Å². The van der Waals surface area contributed by atoms with Crippen molar-refractivity contribution in [3.63, 3.8) is 0 Å². The van der Waals surface area contributed by atoms with Gasteiger partial charge in [0, 0.05) is 13.0 Å². The molecule has 1 aromatic carbocycles. The molecule has 10 heteroatoms. The summed E-state index contributed by atoms with van der Waals surface area (Å²) in [5.74, 6) is -2.63. The first-order valence-electron chi connectivity index (χ1n) is 9.34. The van der Waals surface area contributed by atoms with E-state index in [0.29, 0.717) is 24.9 Å². The van der Waals surface area contributed by atoms with E-state index in [4.69, 9.17) is 5.73 Å². The summed E-state index contributed by atoms with van der Waals surface area (Å²) in [6.45, 7) is 1.68. The third-order valence-corrected chi connectivity index (χ3v) is 4.79. The smallest absolute Gasteiger partial charge is 0.326 e. The Hall–Kier alpha value is -3.14. The van der Waals surface area contributed by atoms with Gasteiger partial charge in [-0.2, -0.15) is 0 Å². The molecule has 3 atom stereocenters. The van der Waals surface area contributed by atoms with Gasteiger partial charge in [0.15, 0.2) is 0 Å². The van der Waals surface area contributed by atoms with Crippen molar-refractivity contribution < 1.29 is 29.4 Å². The fraction of sp³-hybridized carbons (Fsp3) is 0.474. The predicted molar refractivity (Wildman–Crippen MR) is 103 cm³/mol. The molecule has 1 aliphatic heterocycles. The Morgan fingerprint density at radius 1 is 1.21 bits per heavy atom. The quantitative estimate of drug-likeness (QED) is 0.368. The highest BCUT2D eigenvalue weighted by molar-refractivity contribution is 5.93. The van der Waals surface area contributed by atoms with Crippen LogP contribution in [0.2, 0.25) is 0 Å². The number of rotatable bonds is 8. The molecule has 10 nitrogen and oxygen atoms in total. The Balaban J connectivity index is 1.95. The van der Waals surface area contributed by atoms with Crippen LogP contribution in [-0.4, -0.2) is 70.0 Å². The molecular formula is C19H26N4O6. The zero-order valence-electron chi connectivity index (χ0n) is 16.1. The lowest BCUT2D eigenvalue weighted by molar-refractivity contribution is -0.142. The van der Waals surface area contributed by atoms with Gasteiger partial charge >= 0.3 is 5.97 Å². The zero-order valence-corrected chi connectivity index (χ0v) is 16.1. The Morgan fingerprint density at radius 2 is 1.86 bits per heavy atom. The van der Waals surface area contributed by atoms with Crippen molar-refractivity contribution in [2.24, 2.45) is 5.73 Å². The summed E-state index contributed by atoms with van der Waals surface area (Å²) in [5, 5.41) is 23.6. The van der Waals surface area contributed by atoms with Crippen LogP contribution in [0.15, 0.2) is 24.3 Å². The van der Waals surface area contributed by atoms with Crippen molar-refractivity contribution in [3.05, 3.63) is 29.8 Å². The number of amides is 3. The molecule has 1 saturated heterocycles. The monoisotopic (exact) mass is 406 g/mol. The first kappa shape index (κ1) is 22.2. The number of benzene rings is 1. The molecule has 1 heterocycles. The lowest BCUT2D eigenvalue weighted by Gasteiger charge is -2.25. The lowest BCUT2D eigenvalue weighted by Crippen LogP contribution is -2.55. The molecule has 0 aliphatic carbocycles. The van der Waals surface area contributed by atoms with E-state index in [1.54, 1.807) is 12.1 Å². The van der Waals surface area contributed by atoms with Crippen LogP contribution in [0, 0.1) is 0 Å². The molecule has 0 saturated carbocycles. The second-order valence-electron chi connectivity index (χ2n) is 6.95. The molecule has 0 aromatic heterocycles. The van der Waals surface area contributed by atoms with Crippen LogP contribution in [0.3, 0.4) is 0 Å². The van der Waals surface area contributed by atoms with E-state index in [-0.39, 0.29) is 24.6 Å². The van der Waals surface area contributed by atoms with Crippen LogP contribution in [-0.2, 0) is 25.6 Å².